The van der Waals surface area contributed by atoms with Crippen molar-refractivity contribution in [1.29, 1.82) is 0 Å². The number of ketones is 1. The van der Waals surface area contributed by atoms with E-state index in [2.05, 4.69) is 20.9 Å². The number of nitrogens with zero attached hydrogens (tertiary/aromatic N) is 1. The van der Waals surface area contributed by atoms with Crippen molar-refractivity contribution in [3.63, 3.8) is 0 Å². The summed E-state index contributed by atoms with van der Waals surface area (Å²) in [6, 6.07) is 0. The molecule has 0 bridgehead atoms. The van der Waals surface area contributed by atoms with Crippen LogP contribution in [-0.2, 0) is 9.53 Å². The summed E-state index contributed by atoms with van der Waals surface area (Å²) < 4.78 is 6.52. The fourth-order valence-electron chi connectivity index (χ4n) is 2.34. The second-order valence-corrected chi connectivity index (χ2v) is 5.55. The van der Waals surface area contributed by atoms with Crippen LogP contribution in [0.4, 0.5) is 0 Å². The minimum atomic E-state index is -1.58. The van der Waals surface area contributed by atoms with Crippen molar-refractivity contribution in [1.82, 2.24) is 9.55 Å². The molecule has 2 heterocycles. The Bertz CT molecular complexity index is 727. The first-order chi connectivity index (χ1) is 10.9. The van der Waals surface area contributed by atoms with Gasteiger partial charge in [-0.15, -0.1) is 0 Å². The summed E-state index contributed by atoms with van der Waals surface area (Å²) in [5, 5.41) is 19.8. The smallest absolute Gasteiger partial charge is 0.330 e. The molecule has 1 aromatic heterocycles. The van der Waals surface area contributed by atoms with Crippen molar-refractivity contribution in [3.8, 4) is 0 Å². The number of aliphatic hydroxyl groups excluding tert-OH is 2. The molecule has 2 rings (SSSR count). The number of Topliss-reactive ketones (excluding diaryl/α,β-unsaturated/α-hetero) is 1. The highest BCUT2D eigenvalue weighted by Gasteiger charge is 2.42. The zero-order valence-corrected chi connectivity index (χ0v) is 13.5. The molecular weight excluding hydrogens is 374 g/mol. The fraction of sp³-hybridized carbons (Fsp3) is 0.462. The molecular formula is C13H16BrN3O6. The summed E-state index contributed by atoms with van der Waals surface area (Å²) in [6.45, 7) is -0.392. The molecule has 4 atom stereocenters. The van der Waals surface area contributed by atoms with E-state index in [1.165, 1.54) is 17.3 Å². The molecule has 23 heavy (non-hydrogen) atoms. The van der Waals surface area contributed by atoms with Crippen molar-refractivity contribution in [2.45, 2.75) is 31.0 Å². The number of nitrogens with two attached hydrogens (primary N) is 1. The lowest BCUT2D eigenvalue weighted by atomic mass is 10.0. The largest absolute Gasteiger partial charge is 0.390 e. The van der Waals surface area contributed by atoms with Gasteiger partial charge in [-0.05, 0) is 11.1 Å². The Morgan fingerprint density at radius 2 is 2.30 bits per heavy atom. The molecule has 0 spiro atoms. The number of carbonyl (C=O) groups is 1. The van der Waals surface area contributed by atoms with Crippen molar-refractivity contribution in [3.05, 3.63) is 37.6 Å². The van der Waals surface area contributed by atoms with Gasteiger partial charge in [0, 0.05) is 12.6 Å². The second kappa shape index (κ2) is 7.32. The number of aliphatic hydroxyl groups is 2. The van der Waals surface area contributed by atoms with Crippen LogP contribution < -0.4 is 17.0 Å². The molecule has 1 unspecified atom stereocenters. The van der Waals surface area contributed by atoms with E-state index in [9.17, 15) is 24.6 Å². The second-order valence-electron chi connectivity index (χ2n) is 5.02. The Kier molecular flexibility index (Phi) is 5.65. The minimum absolute atomic E-state index is 0.0248. The number of carbonyl (C=O) groups excluding carboxylic acids is 1. The van der Waals surface area contributed by atoms with Crippen molar-refractivity contribution >= 4 is 27.8 Å². The molecule has 126 valence electrons. The summed E-state index contributed by atoms with van der Waals surface area (Å²) in [7, 11) is 0. The molecule has 0 saturated carbocycles. The third-order valence-corrected chi connectivity index (χ3v) is 3.79. The van der Waals surface area contributed by atoms with E-state index in [1.54, 1.807) is 0 Å². The Balaban J connectivity index is 2.31. The topological polar surface area (TPSA) is 148 Å². The number of H-pyrrole nitrogens is 1. The van der Waals surface area contributed by atoms with Gasteiger partial charge in [0.1, 0.15) is 18.4 Å². The Labute approximate surface area is 138 Å². The van der Waals surface area contributed by atoms with Gasteiger partial charge in [-0.1, -0.05) is 15.9 Å². The standard InChI is InChI=1S/C13H16BrN3O6/c14-2-1-6-5-17(13(22)16-12(6)21)9-3-7(18)11(23-9)10(20)8(19)4-15/h1-2,5,7,9-11,18,20H,3-4,15H2,(H,16,21,22)/b2-1+/t7-,9+,10?,11-/m0/s1. The number of aromatic nitrogens is 2. The van der Waals surface area contributed by atoms with Gasteiger partial charge in [-0.25, -0.2) is 4.79 Å². The van der Waals surface area contributed by atoms with Crippen LogP contribution in [0.15, 0.2) is 20.8 Å². The van der Waals surface area contributed by atoms with Gasteiger partial charge in [0.15, 0.2) is 5.78 Å². The molecule has 1 saturated heterocycles. The van der Waals surface area contributed by atoms with Gasteiger partial charge in [-0.3, -0.25) is 19.1 Å². The van der Waals surface area contributed by atoms with Crippen LogP contribution in [0.25, 0.3) is 6.08 Å². The zero-order chi connectivity index (χ0) is 17.1. The fourth-order valence-corrected chi connectivity index (χ4v) is 2.62. The van der Waals surface area contributed by atoms with E-state index in [4.69, 9.17) is 10.5 Å². The average Bonchev–Trinajstić information content (AvgIpc) is 2.90. The third-order valence-electron chi connectivity index (χ3n) is 3.53. The lowest BCUT2D eigenvalue weighted by Crippen LogP contribution is -2.43. The van der Waals surface area contributed by atoms with Crippen LogP contribution in [0.3, 0.4) is 0 Å². The molecule has 1 fully saturated rings. The molecule has 0 aliphatic carbocycles. The number of hydrogen-bond acceptors (Lipinski definition) is 7. The van der Waals surface area contributed by atoms with Crippen LogP contribution >= 0.6 is 15.9 Å². The Hall–Kier alpha value is -1.59. The van der Waals surface area contributed by atoms with E-state index in [0.29, 0.717) is 0 Å². The number of halogens is 1. The van der Waals surface area contributed by atoms with E-state index < -0.39 is 48.1 Å². The van der Waals surface area contributed by atoms with Gasteiger partial charge in [0.05, 0.1) is 18.2 Å². The summed E-state index contributed by atoms with van der Waals surface area (Å²) in [6.07, 6.45) is -2.17. The Morgan fingerprint density at radius 1 is 1.61 bits per heavy atom. The number of aromatic amines is 1. The summed E-state index contributed by atoms with van der Waals surface area (Å²) >= 11 is 3.03. The summed E-state index contributed by atoms with van der Waals surface area (Å²) in [4.78, 5) is 38.6. The molecule has 1 aliphatic rings. The predicted octanol–water partition coefficient (Wildman–Crippen LogP) is -1.56. The molecule has 10 heteroatoms. The monoisotopic (exact) mass is 389 g/mol. The molecule has 1 aromatic rings. The highest BCUT2D eigenvalue weighted by molar-refractivity contribution is 9.11. The summed E-state index contributed by atoms with van der Waals surface area (Å²) in [5.74, 6) is -0.675. The van der Waals surface area contributed by atoms with E-state index in [0.717, 1.165) is 4.57 Å². The van der Waals surface area contributed by atoms with Gasteiger partial charge in [0.25, 0.3) is 5.56 Å². The maximum Gasteiger partial charge on any atom is 0.330 e. The zero-order valence-electron chi connectivity index (χ0n) is 11.9. The van der Waals surface area contributed by atoms with E-state index >= 15 is 0 Å². The highest BCUT2D eigenvalue weighted by atomic mass is 79.9. The first-order valence-electron chi connectivity index (χ1n) is 6.75. The average molecular weight is 390 g/mol. The van der Waals surface area contributed by atoms with Gasteiger partial charge in [0.2, 0.25) is 0 Å². The molecule has 5 N–H and O–H groups in total. The maximum absolute atomic E-state index is 11.9. The molecule has 9 nitrogen and oxygen atoms in total. The summed E-state index contributed by atoms with van der Waals surface area (Å²) in [5.41, 5.74) is 4.07. The quantitative estimate of drug-likeness (QED) is 0.475. The van der Waals surface area contributed by atoms with Gasteiger partial charge >= 0.3 is 5.69 Å². The number of ether oxygens (including phenoxy) is 1. The van der Waals surface area contributed by atoms with Crippen molar-refractivity contribution in [2.24, 2.45) is 5.73 Å². The minimum Gasteiger partial charge on any atom is -0.390 e. The van der Waals surface area contributed by atoms with Crippen LogP contribution in [0, 0.1) is 0 Å². The number of nitrogens with one attached hydrogen (secondary N) is 1. The van der Waals surface area contributed by atoms with E-state index in [-0.39, 0.29) is 12.0 Å². The van der Waals surface area contributed by atoms with Crippen molar-refractivity contribution < 1.29 is 19.7 Å². The molecule has 0 amide bonds. The number of hydrogen-bond donors (Lipinski definition) is 4. The number of rotatable bonds is 5. The van der Waals surface area contributed by atoms with Gasteiger partial charge < -0.3 is 20.7 Å². The Morgan fingerprint density at radius 3 is 2.91 bits per heavy atom. The first kappa shape index (κ1) is 17.8. The van der Waals surface area contributed by atoms with Crippen LogP contribution in [0.1, 0.15) is 18.2 Å². The van der Waals surface area contributed by atoms with Gasteiger partial charge in [-0.2, -0.15) is 0 Å². The van der Waals surface area contributed by atoms with Crippen LogP contribution in [0.5, 0.6) is 0 Å². The normalized spacial score (nSPS) is 25.8. The first-order valence-corrected chi connectivity index (χ1v) is 7.67. The molecule has 0 radical (unpaired) electrons. The van der Waals surface area contributed by atoms with Crippen molar-refractivity contribution in [2.75, 3.05) is 6.54 Å². The van der Waals surface area contributed by atoms with Crippen LogP contribution in [0.2, 0.25) is 0 Å². The van der Waals surface area contributed by atoms with E-state index in [1.807, 2.05) is 0 Å². The third kappa shape index (κ3) is 3.67. The highest BCUT2D eigenvalue weighted by Crippen LogP contribution is 2.29. The molecule has 0 aromatic carbocycles. The van der Waals surface area contributed by atoms with Crippen LogP contribution in [-0.4, -0.2) is 50.4 Å². The lowest BCUT2D eigenvalue weighted by Gasteiger charge is -2.20. The maximum atomic E-state index is 11.9. The lowest BCUT2D eigenvalue weighted by molar-refractivity contribution is -0.140. The molecule has 1 aliphatic heterocycles. The SMILES string of the molecule is NCC(=O)C(O)[C@H]1O[C@@H](n2cc(/C=C/Br)c(=O)[nH]c2=O)C[C@@H]1O. The predicted molar refractivity (Wildman–Crippen MR) is 83.9 cm³/mol.